The number of hydrogen-bond acceptors (Lipinski definition) is 6. The van der Waals surface area contributed by atoms with Crippen molar-refractivity contribution in [1.82, 2.24) is 5.32 Å². The molecule has 0 aliphatic carbocycles. The number of esters is 1. The Hall–Kier alpha value is -1.15. The molecule has 1 atom stereocenters. The Morgan fingerprint density at radius 3 is 2.81 bits per heavy atom. The Kier molecular flexibility index (Phi) is 6.60. The van der Waals surface area contributed by atoms with Crippen molar-refractivity contribution >= 4 is 56.4 Å². The fourth-order valence-corrected chi connectivity index (χ4v) is 4.00. The Labute approximate surface area is 136 Å². The molecule has 116 valence electrons. The molecule has 0 bridgehead atoms. The number of amides is 1. The fourth-order valence-electron chi connectivity index (χ4n) is 1.73. The van der Waals surface area contributed by atoms with Gasteiger partial charge in [-0.15, -0.1) is 35.1 Å². The van der Waals surface area contributed by atoms with Crippen LogP contribution in [-0.4, -0.2) is 24.5 Å². The summed E-state index contributed by atoms with van der Waals surface area (Å²) in [5.41, 5.74) is 6.33. The second-order valence-corrected chi connectivity index (χ2v) is 6.22. The van der Waals surface area contributed by atoms with Gasteiger partial charge in [-0.3, -0.25) is 4.79 Å². The summed E-state index contributed by atoms with van der Waals surface area (Å²) in [6.07, 6.45) is 0. The number of hydrogen-bond donors (Lipinski definition) is 2. The number of nitrogens with one attached hydrogen (secondary N) is 1. The Balaban J connectivity index is 0.00000220. The highest BCUT2D eigenvalue weighted by molar-refractivity contribution is 7.28. The number of rotatable bonds is 5. The Morgan fingerprint density at radius 2 is 2.19 bits per heavy atom. The minimum Gasteiger partial charge on any atom is -0.462 e. The standard InChI is InChI=1S/C13H16N2O3S2.ClH/c1-3-18-13(17)11-8(6-15-12(16)7(2)14)10-9(20-11)4-5-19-10;/h4-5,7H,3,6,14H2,1-2H3,(H,15,16);1H/t7-;/m1./s1. The van der Waals surface area contributed by atoms with Crippen LogP contribution < -0.4 is 11.1 Å². The van der Waals surface area contributed by atoms with Gasteiger partial charge < -0.3 is 15.8 Å². The van der Waals surface area contributed by atoms with Gasteiger partial charge in [-0.1, -0.05) is 0 Å². The lowest BCUT2D eigenvalue weighted by atomic mass is 10.2. The summed E-state index contributed by atoms with van der Waals surface area (Å²) in [7, 11) is 0. The van der Waals surface area contributed by atoms with E-state index in [-0.39, 0.29) is 30.8 Å². The first kappa shape index (κ1) is 17.9. The molecule has 2 rings (SSSR count). The maximum Gasteiger partial charge on any atom is 0.348 e. The summed E-state index contributed by atoms with van der Waals surface area (Å²) in [5.74, 6) is -0.582. The zero-order valence-electron chi connectivity index (χ0n) is 11.7. The monoisotopic (exact) mass is 348 g/mol. The minimum atomic E-state index is -0.571. The zero-order chi connectivity index (χ0) is 14.7. The van der Waals surface area contributed by atoms with Crippen LogP contribution >= 0.6 is 35.1 Å². The number of fused-ring (bicyclic) bond motifs is 1. The van der Waals surface area contributed by atoms with E-state index < -0.39 is 6.04 Å². The van der Waals surface area contributed by atoms with E-state index in [9.17, 15) is 9.59 Å². The largest absolute Gasteiger partial charge is 0.462 e. The molecular weight excluding hydrogens is 332 g/mol. The van der Waals surface area contributed by atoms with Crippen molar-refractivity contribution < 1.29 is 14.3 Å². The predicted octanol–water partition coefficient (Wildman–Crippen LogP) is 2.52. The van der Waals surface area contributed by atoms with Crippen LogP contribution in [0.1, 0.15) is 29.1 Å². The van der Waals surface area contributed by atoms with Crippen LogP contribution in [0.3, 0.4) is 0 Å². The molecule has 0 saturated carbocycles. The predicted molar refractivity (Wildman–Crippen MR) is 88.4 cm³/mol. The van der Waals surface area contributed by atoms with E-state index >= 15 is 0 Å². The van der Waals surface area contributed by atoms with E-state index in [2.05, 4.69) is 5.32 Å². The van der Waals surface area contributed by atoms with E-state index in [1.165, 1.54) is 11.3 Å². The molecule has 5 nitrogen and oxygen atoms in total. The van der Waals surface area contributed by atoms with Gasteiger partial charge in [0.15, 0.2) is 0 Å². The number of thiophene rings is 2. The van der Waals surface area contributed by atoms with Crippen LogP contribution in [0.25, 0.3) is 9.40 Å². The lowest BCUT2D eigenvalue weighted by Gasteiger charge is -2.08. The van der Waals surface area contributed by atoms with Crippen molar-refractivity contribution in [3.63, 3.8) is 0 Å². The maximum atomic E-state index is 12.0. The molecule has 8 heteroatoms. The number of ether oxygens (including phenoxy) is 1. The molecule has 0 aromatic carbocycles. The van der Waals surface area contributed by atoms with E-state index in [0.717, 1.165) is 15.0 Å². The molecule has 0 saturated heterocycles. The minimum absolute atomic E-state index is 0. The Morgan fingerprint density at radius 1 is 1.48 bits per heavy atom. The average Bonchev–Trinajstić information content (AvgIpc) is 2.96. The first-order valence-electron chi connectivity index (χ1n) is 6.23. The molecule has 21 heavy (non-hydrogen) atoms. The molecule has 2 heterocycles. The topological polar surface area (TPSA) is 81.4 Å². The van der Waals surface area contributed by atoms with Crippen molar-refractivity contribution in [2.24, 2.45) is 5.73 Å². The molecule has 2 aromatic heterocycles. The van der Waals surface area contributed by atoms with E-state index in [1.807, 2.05) is 11.4 Å². The lowest BCUT2D eigenvalue weighted by molar-refractivity contribution is -0.122. The molecule has 0 unspecified atom stereocenters. The van der Waals surface area contributed by atoms with Crippen LogP contribution in [0.5, 0.6) is 0 Å². The normalized spacial score (nSPS) is 11.8. The quantitative estimate of drug-likeness (QED) is 0.813. The van der Waals surface area contributed by atoms with Gasteiger partial charge in [0.2, 0.25) is 5.91 Å². The van der Waals surface area contributed by atoms with Crippen molar-refractivity contribution in [2.75, 3.05) is 6.61 Å². The summed E-state index contributed by atoms with van der Waals surface area (Å²) in [4.78, 5) is 24.1. The number of halogens is 1. The van der Waals surface area contributed by atoms with Crippen molar-refractivity contribution in [1.29, 1.82) is 0 Å². The van der Waals surface area contributed by atoms with E-state index in [4.69, 9.17) is 10.5 Å². The van der Waals surface area contributed by atoms with Gasteiger partial charge in [-0.2, -0.15) is 0 Å². The molecule has 1 amide bonds. The Bertz CT molecular complexity index is 636. The molecule has 3 N–H and O–H groups in total. The summed E-state index contributed by atoms with van der Waals surface area (Å²) in [5, 5.41) is 4.71. The molecule has 0 fully saturated rings. The van der Waals surface area contributed by atoms with E-state index in [1.54, 1.807) is 25.2 Å². The molecular formula is C13H17ClN2O3S2. The van der Waals surface area contributed by atoms with Gasteiger partial charge in [-0.25, -0.2) is 4.79 Å². The third kappa shape index (κ3) is 3.94. The maximum absolute atomic E-state index is 12.0. The number of nitrogens with two attached hydrogens (primary N) is 1. The van der Waals surface area contributed by atoms with Crippen molar-refractivity contribution in [2.45, 2.75) is 26.4 Å². The summed E-state index contributed by atoms with van der Waals surface area (Å²) >= 11 is 2.94. The van der Waals surface area contributed by atoms with Gasteiger partial charge in [0.25, 0.3) is 0 Å². The summed E-state index contributed by atoms with van der Waals surface area (Å²) in [6.45, 7) is 4.01. The van der Waals surface area contributed by atoms with E-state index in [0.29, 0.717) is 11.5 Å². The SMILES string of the molecule is CCOC(=O)c1sc2ccsc2c1CNC(=O)[C@@H](C)N.Cl. The number of carbonyl (C=O) groups excluding carboxylic acids is 2. The lowest BCUT2D eigenvalue weighted by Crippen LogP contribution is -2.38. The average molecular weight is 349 g/mol. The molecule has 0 radical (unpaired) electrons. The summed E-state index contributed by atoms with van der Waals surface area (Å²) in [6, 6.07) is 1.39. The molecule has 0 aliphatic rings. The van der Waals surface area contributed by atoms with Crippen LogP contribution in [0.4, 0.5) is 0 Å². The van der Waals surface area contributed by atoms with Crippen LogP contribution in [0.2, 0.25) is 0 Å². The second kappa shape index (κ2) is 7.74. The first-order chi connectivity index (χ1) is 9.54. The van der Waals surface area contributed by atoms with Crippen LogP contribution in [-0.2, 0) is 16.1 Å². The van der Waals surface area contributed by atoms with Crippen molar-refractivity contribution in [3.05, 3.63) is 21.9 Å². The second-order valence-electron chi connectivity index (χ2n) is 4.25. The first-order valence-corrected chi connectivity index (χ1v) is 7.93. The van der Waals surface area contributed by atoms with Gasteiger partial charge in [0.1, 0.15) is 4.88 Å². The fraction of sp³-hybridized carbons (Fsp3) is 0.385. The van der Waals surface area contributed by atoms with Crippen LogP contribution in [0.15, 0.2) is 11.4 Å². The molecule has 0 aliphatic heterocycles. The van der Waals surface area contributed by atoms with Gasteiger partial charge in [-0.05, 0) is 25.3 Å². The molecule has 0 spiro atoms. The third-order valence-corrected chi connectivity index (χ3v) is 4.98. The molecule has 2 aromatic rings. The van der Waals surface area contributed by atoms with Gasteiger partial charge in [0, 0.05) is 16.8 Å². The summed E-state index contributed by atoms with van der Waals surface area (Å²) < 4.78 is 7.11. The highest BCUT2D eigenvalue weighted by Crippen LogP contribution is 2.35. The third-order valence-electron chi connectivity index (χ3n) is 2.70. The smallest absolute Gasteiger partial charge is 0.348 e. The highest BCUT2D eigenvalue weighted by Gasteiger charge is 2.21. The van der Waals surface area contributed by atoms with Gasteiger partial charge in [0.05, 0.1) is 17.3 Å². The van der Waals surface area contributed by atoms with Crippen molar-refractivity contribution in [3.8, 4) is 0 Å². The van der Waals surface area contributed by atoms with Crippen LogP contribution in [0, 0.1) is 0 Å². The number of carbonyl (C=O) groups is 2. The zero-order valence-corrected chi connectivity index (χ0v) is 14.1. The highest BCUT2D eigenvalue weighted by atomic mass is 35.5. The van der Waals surface area contributed by atoms with Gasteiger partial charge >= 0.3 is 5.97 Å².